The minimum absolute atomic E-state index is 1.03. The summed E-state index contributed by atoms with van der Waals surface area (Å²) >= 11 is 0. The number of nitrogens with one attached hydrogen (secondary N) is 1. The third-order valence-corrected chi connectivity index (χ3v) is 1.69. The lowest BCUT2D eigenvalue weighted by Gasteiger charge is -2.25. The minimum Gasteiger partial charge on any atom is -0.375 e. The molecule has 0 radical (unpaired) electrons. The molecule has 0 fully saturated rings. The summed E-state index contributed by atoms with van der Waals surface area (Å²) in [7, 11) is 1.95. The molecule has 2 nitrogen and oxygen atoms in total. The molecule has 0 unspecified atom stereocenters. The minimum atomic E-state index is 1.03. The van der Waals surface area contributed by atoms with Gasteiger partial charge in [-0.2, -0.15) is 0 Å². The molecule has 1 aliphatic heterocycles. The van der Waals surface area contributed by atoms with Crippen molar-refractivity contribution in [1.29, 1.82) is 0 Å². The molecule has 0 aliphatic carbocycles. The van der Waals surface area contributed by atoms with Crippen molar-refractivity contribution >= 4 is 0 Å². The topological polar surface area (TPSA) is 15.3 Å². The maximum absolute atomic E-state index is 3.14. The van der Waals surface area contributed by atoms with Crippen LogP contribution in [0, 0.1) is 0 Å². The van der Waals surface area contributed by atoms with Crippen LogP contribution in [0.3, 0.4) is 0 Å². The number of hydrogen-bond acceptors (Lipinski definition) is 2. The van der Waals surface area contributed by atoms with E-state index < -0.39 is 0 Å². The summed E-state index contributed by atoms with van der Waals surface area (Å²) in [6, 6.07) is 0. The molecule has 1 rings (SSSR count). The Morgan fingerprint density at radius 2 is 2.50 bits per heavy atom. The van der Waals surface area contributed by atoms with Crippen LogP contribution in [0.15, 0.2) is 24.0 Å². The molecule has 1 aliphatic rings. The highest BCUT2D eigenvalue weighted by atomic mass is 15.2. The van der Waals surface area contributed by atoms with Gasteiger partial charge in [0.15, 0.2) is 0 Å². The van der Waals surface area contributed by atoms with Crippen molar-refractivity contribution in [3.63, 3.8) is 0 Å². The predicted molar refractivity (Wildman–Crippen MR) is 43.5 cm³/mol. The standard InChI is InChI=1S/C8H14N2/c1-3-10-7-5-4-6-8(10)9-2/h4-6,9H,3,7H2,1-2H3. The SMILES string of the molecule is CCN1CC=CC=C1NC. The van der Waals surface area contributed by atoms with Crippen LogP contribution in [0.4, 0.5) is 0 Å². The quantitative estimate of drug-likeness (QED) is 0.611. The molecule has 0 bridgehead atoms. The maximum atomic E-state index is 3.14. The zero-order valence-corrected chi connectivity index (χ0v) is 6.59. The molecule has 1 heterocycles. The predicted octanol–water partition coefficient (Wildman–Crippen LogP) is 0.939. The molecule has 0 saturated carbocycles. The zero-order chi connectivity index (χ0) is 7.40. The summed E-state index contributed by atoms with van der Waals surface area (Å²) in [6.45, 7) is 4.25. The van der Waals surface area contributed by atoms with Gasteiger partial charge in [-0.15, -0.1) is 0 Å². The Bertz CT molecular complexity index is 159. The van der Waals surface area contributed by atoms with Crippen LogP contribution in [0.1, 0.15) is 6.92 Å². The highest BCUT2D eigenvalue weighted by molar-refractivity contribution is 5.15. The summed E-state index contributed by atoms with van der Waals surface area (Å²) in [5.41, 5.74) is 0. The molecule has 0 saturated heterocycles. The average molecular weight is 138 g/mol. The van der Waals surface area contributed by atoms with Gasteiger partial charge in [-0.1, -0.05) is 12.2 Å². The Kier molecular flexibility index (Phi) is 2.37. The Hall–Kier alpha value is -0.920. The van der Waals surface area contributed by atoms with Gasteiger partial charge in [-0.25, -0.2) is 0 Å². The summed E-state index contributed by atoms with van der Waals surface area (Å²) in [6.07, 6.45) is 6.33. The van der Waals surface area contributed by atoms with Crippen molar-refractivity contribution in [2.75, 3.05) is 20.1 Å². The Labute approximate surface area is 62.2 Å². The molecule has 0 aromatic carbocycles. The van der Waals surface area contributed by atoms with E-state index in [1.807, 2.05) is 7.05 Å². The number of hydrogen-bond donors (Lipinski definition) is 1. The number of rotatable bonds is 2. The molecule has 0 amide bonds. The smallest absolute Gasteiger partial charge is 0.101 e. The van der Waals surface area contributed by atoms with Crippen LogP contribution < -0.4 is 5.32 Å². The van der Waals surface area contributed by atoms with Gasteiger partial charge in [0.05, 0.1) is 0 Å². The third kappa shape index (κ3) is 1.32. The Morgan fingerprint density at radius 3 is 3.00 bits per heavy atom. The first kappa shape index (κ1) is 7.19. The lowest BCUT2D eigenvalue weighted by molar-refractivity contribution is 0.373. The van der Waals surface area contributed by atoms with Crippen molar-refractivity contribution in [1.82, 2.24) is 10.2 Å². The third-order valence-electron chi connectivity index (χ3n) is 1.69. The average Bonchev–Trinajstić information content (AvgIpc) is 2.04. The van der Waals surface area contributed by atoms with Crippen molar-refractivity contribution in [3.05, 3.63) is 24.0 Å². The van der Waals surface area contributed by atoms with E-state index in [1.165, 1.54) is 5.82 Å². The molecule has 0 aromatic heterocycles. The van der Waals surface area contributed by atoms with E-state index in [9.17, 15) is 0 Å². The first-order valence-electron chi connectivity index (χ1n) is 3.68. The fourth-order valence-corrected chi connectivity index (χ4v) is 1.09. The van der Waals surface area contributed by atoms with Gasteiger partial charge in [-0.05, 0) is 13.0 Å². The van der Waals surface area contributed by atoms with Crippen LogP contribution in [-0.2, 0) is 0 Å². The van der Waals surface area contributed by atoms with Gasteiger partial charge in [0, 0.05) is 20.1 Å². The zero-order valence-electron chi connectivity index (χ0n) is 6.59. The normalized spacial score (nSPS) is 17.0. The van der Waals surface area contributed by atoms with Crippen LogP contribution in [-0.4, -0.2) is 25.0 Å². The van der Waals surface area contributed by atoms with E-state index in [2.05, 4.69) is 35.4 Å². The molecule has 1 N–H and O–H groups in total. The molecule has 2 heteroatoms. The molecule has 10 heavy (non-hydrogen) atoms. The van der Waals surface area contributed by atoms with E-state index in [-0.39, 0.29) is 0 Å². The van der Waals surface area contributed by atoms with Gasteiger partial charge in [0.25, 0.3) is 0 Å². The number of allylic oxidation sites excluding steroid dienone is 2. The molecular weight excluding hydrogens is 124 g/mol. The van der Waals surface area contributed by atoms with Gasteiger partial charge in [-0.3, -0.25) is 0 Å². The summed E-state index contributed by atoms with van der Waals surface area (Å²) in [5, 5.41) is 3.14. The summed E-state index contributed by atoms with van der Waals surface area (Å²) < 4.78 is 0. The number of nitrogens with zero attached hydrogens (tertiary/aromatic N) is 1. The largest absolute Gasteiger partial charge is 0.375 e. The monoisotopic (exact) mass is 138 g/mol. The van der Waals surface area contributed by atoms with E-state index in [0.717, 1.165) is 13.1 Å². The first-order valence-corrected chi connectivity index (χ1v) is 3.68. The van der Waals surface area contributed by atoms with E-state index in [0.29, 0.717) is 0 Å². The number of likely N-dealkylation sites (N-methyl/N-ethyl adjacent to an activating group) is 1. The van der Waals surface area contributed by atoms with Crippen molar-refractivity contribution in [2.45, 2.75) is 6.92 Å². The van der Waals surface area contributed by atoms with Crippen LogP contribution in [0.25, 0.3) is 0 Å². The maximum Gasteiger partial charge on any atom is 0.101 e. The van der Waals surface area contributed by atoms with Gasteiger partial charge in [0.1, 0.15) is 5.82 Å². The van der Waals surface area contributed by atoms with Crippen molar-refractivity contribution < 1.29 is 0 Å². The lowest BCUT2D eigenvalue weighted by atomic mass is 10.3. The van der Waals surface area contributed by atoms with E-state index >= 15 is 0 Å². The summed E-state index contributed by atoms with van der Waals surface area (Å²) in [4.78, 5) is 2.28. The van der Waals surface area contributed by atoms with Crippen LogP contribution in [0.2, 0.25) is 0 Å². The van der Waals surface area contributed by atoms with Crippen LogP contribution >= 0.6 is 0 Å². The Morgan fingerprint density at radius 1 is 1.70 bits per heavy atom. The fraction of sp³-hybridized carbons (Fsp3) is 0.500. The second-order valence-corrected chi connectivity index (χ2v) is 2.27. The molecular formula is C8H14N2. The van der Waals surface area contributed by atoms with Crippen molar-refractivity contribution in [3.8, 4) is 0 Å². The Balaban J connectivity index is 2.61. The molecule has 0 spiro atoms. The van der Waals surface area contributed by atoms with Crippen molar-refractivity contribution in [2.24, 2.45) is 0 Å². The van der Waals surface area contributed by atoms with Crippen LogP contribution in [0.5, 0.6) is 0 Å². The molecule has 56 valence electrons. The second-order valence-electron chi connectivity index (χ2n) is 2.27. The van der Waals surface area contributed by atoms with Gasteiger partial charge in [0.2, 0.25) is 0 Å². The van der Waals surface area contributed by atoms with Gasteiger partial charge < -0.3 is 10.2 Å². The highest BCUT2D eigenvalue weighted by Crippen LogP contribution is 2.04. The fourth-order valence-electron chi connectivity index (χ4n) is 1.09. The van der Waals surface area contributed by atoms with Gasteiger partial charge >= 0.3 is 0 Å². The summed E-state index contributed by atoms with van der Waals surface area (Å²) in [5.74, 6) is 1.21. The van der Waals surface area contributed by atoms with E-state index in [4.69, 9.17) is 0 Å². The first-order chi connectivity index (χ1) is 4.88. The highest BCUT2D eigenvalue weighted by Gasteiger charge is 2.04. The lowest BCUT2D eigenvalue weighted by Crippen LogP contribution is -2.31. The second kappa shape index (κ2) is 3.30. The molecule has 0 aromatic rings. The molecule has 0 atom stereocenters. The van der Waals surface area contributed by atoms with E-state index in [1.54, 1.807) is 0 Å².